The highest BCUT2D eigenvalue weighted by atomic mass is 32.2. The second-order valence-corrected chi connectivity index (χ2v) is 6.36. The van der Waals surface area contributed by atoms with Crippen LogP contribution < -0.4 is 5.32 Å². The van der Waals surface area contributed by atoms with Crippen molar-refractivity contribution in [1.29, 1.82) is 0 Å². The van der Waals surface area contributed by atoms with Crippen LogP contribution in [0.25, 0.3) is 6.08 Å². The third-order valence-corrected chi connectivity index (χ3v) is 4.39. The van der Waals surface area contributed by atoms with Crippen molar-refractivity contribution in [1.82, 2.24) is 5.32 Å². The van der Waals surface area contributed by atoms with Crippen molar-refractivity contribution in [2.45, 2.75) is 13.8 Å². The molecule has 1 fully saturated rings. The van der Waals surface area contributed by atoms with Crippen molar-refractivity contribution in [2.75, 3.05) is 0 Å². The van der Waals surface area contributed by atoms with Crippen LogP contribution in [0.3, 0.4) is 0 Å². The number of phenolic OH excluding ortho intramolecular Hbond substituents is 1. The molecular weight excluding hydrogens is 308 g/mol. The first kappa shape index (κ1) is 15.4. The summed E-state index contributed by atoms with van der Waals surface area (Å²) in [5.74, 6) is -0.0766. The number of nitrogens with one attached hydrogen (secondary N) is 1. The number of benzene rings is 2. The number of aromatic hydroxyl groups is 1. The van der Waals surface area contributed by atoms with Gasteiger partial charge in [-0.1, -0.05) is 30.3 Å². The van der Waals surface area contributed by atoms with Gasteiger partial charge in [-0.05, 0) is 60.5 Å². The third kappa shape index (κ3) is 3.46. The number of aryl methyl sites for hydroxylation is 2. The number of hydrogen-bond donors (Lipinski definition) is 2. The predicted octanol–water partition coefficient (Wildman–Crippen LogP) is 3.90. The monoisotopic (exact) mass is 324 g/mol. The molecule has 23 heavy (non-hydrogen) atoms. The molecule has 4 nitrogen and oxygen atoms in total. The smallest absolute Gasteiger partial charge is 0.264 e. The first-order valence-electron chi connectivity index (χ1n) is 7.18. The number of amidine groups is 1. The second kappa shape index (κ2) is 6.30. The SMILES string of the molecule is Cc1ccc(N=C2NC(=O)/C(=C/c3ccccc3C)S2)c(O)c1. The van der Waals surface area contributed by atoms with Crippen LogP contribution in [-0.4, -0.2) is 16.2 Å². The molecule has 1 amide bonds. The van der Waals surface area contributed by atoms with Gasteiger partial charge >= 0.3 is 0 Å². The zero-order chi connectivity index (χ0) is 16.4. The van der Waals surface area contributed by atoms with Gasteiger partial charge in [0.1, 0.15) is 11.4 Å². The Labute approximate surface area is 139 Å². The largest absolute Gasteiger partial charge is 0.506 e. The Morgan fingerprint density at radius 2 is 1.96 bits per heavy atom. The van der Waals surface area contributed by atoms with E-state index in [1.807, 2.05) is 50.3 Å². The summed E-state index contributed by atoms with van der Waals surface area (Å²) in [6.07, 6.45) is 1.85. The molecular formula is C18H16N2O2S. The Kier molecular flexibility index (Phi) is 4.21. The highest BCUT2D eigenvalue weighted by Gasteiger charge is 2.24. The summed E-state index contributed by atoms with van der Waals surface area (Å²) < 4.78 is 0. The van der Waals surface area contributed by atoms with Crippen LogP contribution in [-0.2, 0) is 4.79 Å². The summed E-state index contributed by atoms with van der Waals surface area (Å²) in [7, 11) is 0. The molecule has 2 N–H and O–H groups in total. The molecule has 1 aliphatic heterocycles. The van der Waals surface area contributed by atoms with E-state index in [-0.39, 0.29) is 11.7 Å². The summed E-state index contributed by atoms with van der Waals surface area (Å²) >= 11 is 1.27. The third-order valence-electron chi connectivity index (χ3n) is 3.48. The Morgan fingerprint density at radius 1 is 1.17 bits per heavy atom. The first-order chi connectivity index (χ1) is 11.0. The van der Waals surface area contributed by atoms with Gasteiger partial charge in [0, 0.05) is 0 Å². The number of carbonyl (C=O) groups is 1. The Morgan fingerprint density at radius 3 is 2.70 bits per heavy atom. The Bertz CT molecular complexity index is 841. The van der Waals surface area contributed by atoms with E-state index in [0.29, 0.717) is 15.8 Å². The average molecular weight is 324 g/mol. The van der Waals surface area contributed by atoms with Gasteiger partial charge in [-0.2, -0.15) is 0 Å². The molecule has 2 aromatic carbocycles. The van der Waals surface area contributed by atoms with Gasteiger partial charge in [-0.25, -0.2) is 4.99 Å². The van der Waals surface area contributed by atoms with Crippen molar-refractivity contribution in [2.24, 2.45) is 4.99 Å². The van der Waals surface area contributed by atoms with Crippen molar-refractivity contribution >= 4 is 34.6 Å². The maximum atomic E-state index is 12.1. The molecule has 3 rings (SSSR count). The van der Waals surface area contributed by atoms with Crippen molar-refractivity contribution in [3.8, 4) is 5.75 Å². The normalized spacial score (nSPS) is 17.7. The van der Waals surface area contributed by atoms with Crippen LogP contribution in [0.5, 0.6) is 5.75 Å². The lowest BCUT2D eigenvalue weighted by molar-refractivity contribution is -0.115. The molecule has 1 heterocycles. The van der Waals surface area contributed by atoms with Crippen LogP contribution >= 0.6 is 11.8 Å². The van der Waals surface area contributed by atoms with Gasteiger partial charge in [0.25, 0.3) is 5.91 Å². The molecule has 1 saturated heterocycles. The molecule has 0 spiro atoms. The van der Waals surface area contributed by atoms with Gasteiger partial charge in [0.2, 0.25) is 0 Å². The quantitative estimate of drug-likeness (QED) is 0.824. The van der Waals surface area contributed by atoms with Crippen LogP contribution in [0.1, 0.15) is 16.7 Å². The minimum atomic E-state index is -0.177. The van der Waals surface area contributed by atoms with Crippen molar-refractivity contribution in [3.05, 3.63) is 64.1 Å². The van der Waals surface area contributed by atoms with E-state index in [9.17, 15) is 9.90 Å². The average Bonchev–Trinajstić information content (AvgIpc) is 2.84. The fraction of sp³-hybridized carbons (Fsp3) is 0.111. The van der Waals surface area contributed by atoms with Gasteiger partial charge in [-0.3, -0.25) is 4.79 Å². The van der Waals surface area contributed by atoms with E-state index in [1.54, 1.807) is 12.1 Å². The highest BCUT2D eigenvalue weighted by Crippen LogP contribution is 2.32. The highest BCUT2D eigenvalue weighted by molar-refractivity contribution is 8.18. The fourth-order valence-corrected chi connectivity index (χ4v) is 3.03. The van der Waals surface area contributed by atoms with E-state index < -0.39 is 0 Å². The van der Waals surface area contributed by atoms with Gasteiger partial charge in [0.15, 0.2) is 5.17 Å². The molecule has 2 aromatic rings. The van der Waals surface area contributed by atoms with E-state index in [0.717, 1.165) is 16.7 Å². The van der Waals surface area contributed by atoms with E-state index >= 15 is 0 Å². The lowest BCUT2D eigenvalue weighted by Crippen LogP contribution is -2.19. The second-order valence-electron chi connectivity index (χ2n) is 5.33. The number of carbonyl (C=O) groups excluding carboxylic acids is 1. The summed E-state index contributed by atoms with van der Waals surface area (Å²) in [4.78, 5) is 17.0. The minimum absolute atomic E-state index is 0.101. The summed E-state index contributed by atoms with van der Waals surface area (Å²) in [6, 6.07) is 13.1. The van der Waals surface area contributed by atoms with Crippen LogP contribution in [0, 0.1) is 13.8 Å². The standard InChI is InChI=1S/C18H16N2O2S/c1-11-7-8-14(15(21)9-11)19-18-20-17(22)16(23-18)10-13-6-4-3-5-12(13)2/h3-10,21H,1-2H3,(H,19,20,22)/b16-10-. The summed E-state index contributed by atoms with van der Waals surface area (Å²) in [5.41, 5.74) is 3.50. The number of amides is 1. The fourth-order valence-electron chi connectivity index (χ4n) is 2.21. The van der Waals surface area contributed by atoms with Crippen LogP contribution in [0.15, 0.2) is 52.4 Å². The van der Waals surface area contributed by atoms with E-state index in [2.05, 4.69) is 10.3 Å². The molecule has 116 valence electrons. The first-order valence-corrected chi connectivity index (χ1v) is 7.99. The van der Waals surface area contributed by atoms with Crippen molar-refractivity contribution < 1.29 is 9.90 Å². The van der Waals surface area contributed by atoms with Gasteiger partial charge in [-0.15, -0.1) is 0 Å². The molecule has 5 heteroatoms. The number of phenols is 1. The van der Waals surface area contributed by atoms with E-state index in [1.165, 1.54) is 11.8 Å². The van der Waals surface area contributed by atoms with Gasteiger partial charge in [0.05, 0.1) is 4.91 Å². The molecule has 0 radical (unpaired) electrons. The molecule has 0 aromatic heterocycles. The van der Waals surface area contributed by atoms with Crippen LogP contribution in [0.2, 0.25) is 0 Å². The number of hydrogen-bond acceptors (Lipinski definition) is 4. The zero-order valence-corrected chi connectivity index (χ0v) is 13.6. The number of aliphatic imine (C=N–C) groups is 1. The topological polar surface area (TPSA) is 61.7 Å². The summed E-state index contributed by atoms with van der Waals surface area (Å²) in [6.45, 7) is 3.90. The Hall–Kier alpha value is -2.53. The molecule has 0 bridgehead atoms. The number of rotatable bonds is 2. The number of thioether (sulfide) groups is 1. The number of nitrogens with zero attached hydrogens (tertiary/aromatic N) is 1. The van der Waals surface area contributed by atoms with E-state index in [4.69, 9.17) is 0 Å². The lowest BCUT2D eigenvalue weighted by atomic mass is 10.1. The molecule has 1 aliphatic rings. The van der Waals surface area contributed by atoms with Gasteiger partial charge < -0.3 is 10.4 Å². The maximum absolute atomic E-state index is 12.1. The lowest BCUT2D eigenvalue weighted by Gasteiger charge is -2.01. The summed E-state index contributed by atoms with van der Waals surface area (Å²) in [5, 5.41) is 13.1. The maximum Gasteiger partial charge on any atom is 0.264 e. The Balaban J connectivity index is 1.88. The van der Waals surface area contributed by atoms with Crippen molar-refractivity contribution in [3.63, 3.8) is 0 Å². The zero-order valence-electron chi connectivity index (χ0n) is 12.8. The van der Waals surface area contributed by atoms with Crippen LogP contribution in [0.4, 0.5) is 5.69 Å². The minimum Gasteiger partial charge on any atom is -0.506 e. The molecule has 0 aliphatic carbocycles. The molecule has 0 saturated carbocycles. The molecule has 0 atom stereocenters. The molecule has 0 unspecified atom stereocenters. The predicted molar refractivity (Wildman–Crippen MR) is 94.8 cm³/mol.